The second-order valence-electron chi connectivity index (χ2n) is 4.75. The Balaban J connectivity index is 2.71. The van der Waals surface area contributed by atoms with Crippen LogP contribution in [0, 0.1) is 0 Å². The van der Waals surface area contributed by atoms with E-state index in [1.54, 1.807) is 0 Å². The predicted molar refractivity (Wildman–Crippen MR) is 79.9 cm³/mol. The lowest BCUT2D eigenvalue weighted by Crippen LogP contribution is -2.25. The zero-order valence-electron chi connectivity index (χ0n) is 12.7. The molecule has 0 aromatic carbocycles. The van der Waals surface area contributed by atoms with Crippen molar-refractivity contribution in [3.8, 4) is 0 Å². The van der Waals surface area contributed by atoms with Gasteiger partial charge in [0.2, 0.25) is 0 Å². The Labute approximate surface area is 116 Å². The van der Waals surface area contributed by atoms with E-state index in [9.17, 15) is 0 Å². The fourth-order valence-electron chi connectivity index (χ4n) is 1.65. The van der Waals surface area contributed by atoms with Crippen LogP contribution >= 0.6 is 0 Å². The van der Waals surface area contributed by atoms with Crippen LogP contribution in [0.3, 0.4) is 0 Å². The number of nitrogens with zero attached hydrogens (tertiary/aromatic N) is 3. The molecule has 0 saturated carbocycles. The van der Waals surface area contributed by atoms with Gasteiger partial charge in [-0.3, -0.25) is 0 Å². The van der Waals surface area contributed by atoms with Crippen molar-refractivity contribution in [3.05, 3.63) is 11.9 Å². The monoisotopic (exact) mass is 266 g/mol. The molecule has 0 saturated heterocycles. The summed E-state index contributed by atoms with van der Waals surface area (Å²) in [4.78, 5) is 11.1. The lowest BCUT2D eigenvalue weighted by molar-refractivity contribution is 0.0845. The summed E-state index contributed by atoms with van der Waals surface area (Å²) in [6.45, 7) is 10.6. The highest BCUT2D eigenvalue weighted by molar-refractivity contribution is 5.49. The van der Waals surface area contributed by atoms with E-state index < -0.39 is 0 Å². The molecule has 1 N–H and O–H groups in total. The van der Waals surface area contributed by atoms with Crippen molar-refractivity contribution in [2.24, 2.45) is 0 Å². The first-order valence-corrected chi connectivity index (χ1v) is 7.01. The Hall–Kier alpha value is -1.36. The Morgan fingerprint density at radius 2 is 2.05 bits per heavy atom. The highest BCUT2D eigenvalue weighted by atomic mass is 16.5. The van der Waals surface area contributed by atoms with Crippen molar-refractivity contribution < 1.29 is 4.74 Å². The number of aryl methyl sites for hydroxylation is 1. The van der Waals surface area contributed by atoms with Crippen LogP contribution in [0.1, 0.15) is 33.5 Å². The number of hydrogen-bond acceptors (Lipinski definition) is 5. The van der Waals surface area contributed by atoms with Gasteiger partial charge in [-0.2, -0.15) is 0 Å². The topological polar surface area (TPSA) is 50.3 Å². The van der Waals surface area contributed by atoms with Crippen molar-refractivity contribution in [1.82, 2.24) is 9.97 Å². The van der Waals surface area contributed by atoms with E-state index in [1.807, 2.05) is 27.0 Å². The summed E-state index contributed by atoms with van der Waals surface area (Å²) >= 11 is 0. The molecule has 0 aliphatic rings. The van der Waals surface area contributed by atoms with Crippen LogP contribution in [0.25, 0.3) is 0 Å². The van der Waals surface area contributed by atoms with Crippen LogP contribution in [-0.4, -0.2) is 42.8 Å². The first kappa shape index (κ1) is 15.7. The van der Waals surface area contributed by atoms with Gasteiger partial charge in [0.15, 0.2) is 0 Å². The molecule has 108 valence electrons. The van der Waals surface area contributed by atoms with E-state index >= 15 is 0 Å². The summed E-state index contributed by atoms with van der Waals surface area (Å²) in [5.41, 5.74) is 0. The molecule has 0 aliphatic carbocycles. The number of rotatable bonds is 8. The van der Waals surface area contributed by atoms with E-state index in [0.29, 0.717) is 6.61 Å². The van der Waals surface area contributed by atoms with E-state index in [4.69, 9.17) is 4.74 Å². The van der Waals surface area contributed by atoms with Gasteiger partial charge in [-0.25, -0.2) is 9.97 Å². The van der Waals surface area contributed by atoms with Gasteiger partial charge in [-0.15, -0.1) is 0 Å². The zero-order chi connectivity index (χ0) is 14.3. The predicted octanol–water partition coefficient (Wildman–Crippen LogP) is 2.33. The molecule has 0 amide bonds. The van der Waals surface area contributed by atoms with Crippen LogP contribution < -0.4 is 10.2 Å². The van der Waals surface area contributed by atoms with E-state index in [1.165, 1.54) is 0 Å². The standard InChI is InChI=1S/C14H26N4O/c1-6-12-16-13(15-7-2)10-14(17-12)18(5)8-9-19-11(3)4/h10-11H,6-9H2,1-5H3,(H,15,16,17). The Morgan fingerprint density at radius 3 is 2.63 bits per heavy atom. The molecule has 0 unspecified atom stereocenters. The van der Waals surface area contributed by atoms with Gasteiger partial charge in [0.05, 0.1) is 12.7 Å². The largest absolute Gasteiger partial charge is 0.377 e. The van der Waals surface area contributed by atoms with E-state index in [0.717, 1.165) is 37.0 Å². The number of ether oxygens (including phenoxy) is 1. The number of aromatic nitrogens is 2. The number of hydrogen-bond donors (Lipinski definition) is 1. The lowest BCUT2D eigenvalue weighted by atomic mass is 10.4. The van der Waals surface area contributed by atoms with Crippen LogP contribution in [0.5, 0.6) is 0 Å². The van der Waals surface area contributed by atoms with Crippen molar-refractivity contribution in [2.45, 2.75) is 40.2 Å². The first-order chi connectivity index (χ1) is 9.06. The second kappa shape index (κ2) is 7.94. The number of nitrogens with one attached hydrogen (secondary N) is 1. The fraction of sp³-hybridized carbons (Fsp3) is 0.714. The Morgan fingerprint density at radius 1 is 1.32 bits per heavy atom. The number of likely N-dealkylation sites (N-methyl/N-ethyl adjacent to an activating group) is 1. The molecule has 5 heteroatoms. The summed E-state index contributed by atoms with van der Waals surface area (Å²) in [6, 6.07) is 1.98. The minimum atomic E-state index is 0.266. The molecule has 0 aliphatic heterocycles. The van der Waals surface area contributed by atoms with Crippen molar-refractivity contribution in [1.29, 1.82) is 0 Å². The van der Waals surface area contributed by atoms with Gasteiger partial charge in [0.25, 0.3) is 0 Å². The average molecular weight is 266 g/mol. The highest BCUT2D eigenvalue weighted by Crippen LogP contribution is 2.15. The average Bonchev–Trinajstić information content (AvgIpc) is 2.38. The molecule has 1 aromatic rings. The maximum Gasteiger partial charge on any atom is 0.134 e. The molecule has 1 rings (SSSR count). The molecule has 5 nitrogen and oxygen atoms in total. The molecule has 1 aromatic heterocycles. The highest BCUT2D eigenvalue weighted by Gasteiger charge is 2.07. The number of anilines is 2. The summed E-state index contributed by atoms with van der Waals surface area (Å²) in [7, 11) is 2.03. The first-order valence-electron chi connectivity index (χ1n) is 7.01. The van der Waals surface area contributed by atoms with Crippen molar-refractivity contribution >= 4 is 11.6 Å². The molecule has 0 bridgehead atoms. The van der Waals surface area contributed by atoms with Crippen LogP contribution in [0.15, 0.2) is 6.07 Å². The molecule has 1 heterocycles. The van der Waals surface area contributed by atoms with E-state index in [2.05, 4.69) is 34.0 Å². The van der Waals surface area contributed by atoms with Gasteiger partial charge >= 0.3 is 0 Å². The zero-order valence-corrected chi connectivity index (χ0v) is 12.7. The molecule has 0 radical (unpaired) electrons. The van der Waals surface area contributed by atoms with Crippen LogP contribution in [-0.2, 0) is 11.2 Å². The van der Waals surface area contributed by atoms with E-state index in [-0.39, 0.29) is 6.10 Å². The Kier molecular flexibility index (Phi) is 6.56. The normalized spacial score (nSPS) is 10.8. The van der Waals surface area contributed by atoms with Gasteiger partial charge in [-0.1, -0.05) is 6.92 Å². The van der Waals surface area contributed by atoms with Crippen molar-refractivity contribution in [3.63, 3.8) is 0 Å². The van der Waals surface area contributed by atoms with Crippen molar-refractivity contribution in [2.75, 3.05) is 37.0 Å². The molecule has 0 spiro atoms. The third-order valence-electron chi connectivity index (χ3n) is 2.70. The fourth-order valence-corrected chi connectivity index (χ4v) is 1.65. The summed E-state index contributed by atoms with van der Waals surface area (Å²) in [5, 5.41) is 3.24. The van der Waals surface area contributed by atoms with Crippen LogP contribution in [0.2, 0.25) is 0 Å². The quantitative estimate of drug-likeness (QED) is 0.782. The maximum absolute atomic E-state index is 5.57. The Bertz CT molecular complexity index is 382. The molecule has 0 fully saturated rings. The smallest absolute Gasteiger partial charge is 0.134 e. The third kappa shape index (κ3) is 5.42. The molecular formula is C14H26N4O. The van der Waals surface area contributed by atoms with Gasteiger partial charge in [-0.05, 0) is 20.8 Å². The SMILES string of the molecule is CCNc1cc(N(C)CCOC(C)C)nc(CC)n1. The summed E-state index contributed by atoms with van der Waals surface area (Å²) in [5.74, 6) is 2.70. The molecule has 19 heavy (non-hydrogen) atoms. The second-order valence-corrected chi connectivity index (χ2v) is 4.75. The summed E-state index contributed by atoms with van der Waals surface area (Å²) < 4.78 is 5.57. The maximum atomic E-state index is 5.57. The minimum Gasteiger partial charge on any atom is -0.377 e. The van der Waals surface area contributed by atoms with Gasteiger partial charge in [0, 0.05) is 32.6 Å². The lowest BCUT2D eigenvalue weighted by Gasteiger charge is -2.20. The summed E-state index contributed by atoms with van der Waals surface area (Å²) in [6.07, 6.45) is 1.10. The van der Waals surface area contributed by atoms with Gasteiger partial charge < -0.3 is 15.0 Å². The minimum absolute atomic E-state index is 0.266. The molecular weight excluding hydrogens is 240 g/mol. The third-order valence-corrected chi connectivity index (χ3v) is 2.70. The van der Waals surface area contributed by atoms with Gasteiger partial charge in [0.1, 0.15) is 17.5 Å². The molecule has 0 atom stereocenters. The van der Waals surface area contributed by atoms with Crippen LogP contribution in [0.4, 0.5) is 11.6 Å².